The highest BCUT2D eigenvalue weighted by atomic mass is 16.5. The largest absolute Gasteiger partial charge is 0.491 e. The molecule has 1 aromatic carbocycles. The molecule has 1 saturated heterocycles. The van der Waals surface area contributed by atoms with Crippen molar-refractivity contribution < 1.29 is 14.2 Å². The zero-order valence-corrected chi connectivity index (χ0v) is 10.9. The summed E-state index contributed by atoms with van der Waals surface area (Å²) in [6.07, 6.45) is 2.13. The summed E-state index contributed by atoms with van der Waals surface area (Å²) >= 11 is 0. The predicted molar refractivity (Wildman–Crippen MR) is 71.3 cm³/mol. The predicted octanol–water partition coefficient (Wildman–Crippen LogP) is 2.30. The van der Waals surface area contributed by atoms with Gasteiger partial charge in [-0.15, -0.1) is 0 Å². The average molecular weight is 251 g/mol. The first-order chi connectivity index (χ1) is 8.88. The van der Waals surface area contributed by atoms with Crippen LogP contribution in [0.15, 0.2) is 24.3 Å². The zero-order valence-electron chi connectivity index (χ0n) is 10.9. The quantitative estimate of drug-likeness (QED) is 0.788. The van der Waals surface area contributed by atoms with Gasteiger partial charge in [-0.2, -0.15) is 0 Å². The van der Waals surface area contributed by atoms with Crippen LogP contribution in [0.5, 0.6) is 5.75 Å². The molecule has 0 radical (unpaired) electrons. The third kappa shape index (κ3) is 4.20. The number of rotatable bonds is 6. The standard InChI is InChI=1S/C14H21NO3/c1-16-9-10-18-14-4-2-3-13(11-14)15-12-5-7-17-8-6-12/h2-4,11-12,15H,5-10H2,1H3. The van der Waals surface area contributed by atoms with E-state index in [2.05, 4.69) is 11.4 Å². The first kappa shape index (κ1) is 13.2. The van der Waals surface area contributed by atoms with Gasteiger partial charge in [-0.3, -0.25) is 0 Å². The minimum Gasteiger partial charge on any atom is -0.491 e. The SMILES string of the molecule is COCCOc1cccc(NC2CCOCC2)c1. The Morgan fingerprint density at radius 1 is 1.28 bits per heavy atom. The Labute approximate surface area is 108 Å². The minimum atomic E-state index is 0.507. The van der Waals surface area contributed by atoms with Crippen LogP contribution in [0.25, 0.3) is 0 Å². The van der Waals surface area contributed by atoms with E-state index in [1.54, 1.807) is 7.11 Å². The van der Waals surface area contributed by atoms with Crippen molar-refractivity contribution in [1.82, 2.24) is 0 Å². The van der Waals surface area contributed by atoms with Crippen molar-refractivity contribution in [3.05, 3.63) is 24.3 Å². The third-order valence-electron chi connectivity index (χ3n) is 2.98. The lowest BCUT2D eigenvalue weighted by atomic mass is 10.1. The molecule has 2 rings (SSSR count). The van der Waals surface area contributed by atoms with Gasteiger partial charge >= 0.3 is 0 Å². The van der Waals surface area contributed by atoms with Crippen molar-refractivity contribution in [2.24, 2.45) is 0 Å². The number of methoxy groups -OCH3 is 1. The fraction of sp³-hybridized carbons (Fsp3) is 0.571. The van der Waals surface area contributed by atoms with Crippen LogP contribution < -0.4 is 10.1 Å². The number of hydrogen-bond donors (Lipinski definition) is 1. The topological polar surface area (TPSA) is 39.7 Å². The van der Waals surface area contributed by atoms with Crippen molar-refractivity contribution in [2.75, 3.05) is 38.9 Å². The van der Waals surface area contributed by atoms with Crippen LogP contribution in [0, 0.1) is 0 Å². The van der Waals surface area contributed by atoms with Gasteiger partial charge in [0.2, 0.25) is 0 Å². The van der Waals surface area contributed by atoms with Gasteiger partial charge in [0.25, 0.3) is 0 Å². The monoisotopic (exact) mass is 251 g/mol. The van der Waals surface area contributed by atoms with Crippen molar-refractivity contribution in [3.63, 3.8) is 0 Å². The summed E-state index contributed by atoms with van der Waals surface area (Å²) in [4.78, 5) is 0. The maximum absolute atomic E-state index is 5.59. The fourth-order valence-corrected chi connectivity index (χ4v) is 2.00. The van der Waals surface area contributed by atoms with E-state index in [1.165, 1.54) is 0 Å². The number of ether oxygens (including phenoxy) is 3. The Bertz CT molecular complexity index is 351. The van der Waals surface area contributed by atoms with Gasteiger partial charge in [-0.1, -0.05) is 6.07 Å². The maximum atomic E-state index is 5.59. The van der Waals surface area contributed by atoms with E-state index >= 15 is 0 Å². The average Bonchev–Trinajstić information content (AvgIpc) is 2.41. The molecule has 100 valence electrons. The molecule has 1 fully saturated rings. The highest BCUT2D eigenvalue weighted by molar-refractivity contribution is 5.48. The Morgan fingerprint density at radius 3 is 2.89 bits per heavy atom. The first-order valence-electron chi connectivity index (χ1n) is 6.44. The molecule has 0 aromatic heterocycles. The minimum absolute atomic E-state index is 0.507. The van der Waals surface area contributed by atoms with Crippen LogP contribution >= 0.6 is 0 Å². The number of hydrogen-bond acceptors (Lipinski definition) is 4. The molecule has 1 aliphatic heterocycles. The van der Waals surface area contributed by atoms with Crippen LogP contribution in [-0.2, 0) is 9.47 Å². The fourth-order valence-electron chi connectivity index (χ4n) is 2.00. The molecule has 0 spiro atoms. The summed E-state index contributed by atoms with van der Waals surface area (Å²) in [7, 11) is 1.67. The Kier molecular flexibility index (Phi) is 5.30. The summed E-state index contributed by atoms with van der Waals surface area (Å²) in [6, 6.07) is 8.58. The highest BCUT2D eigenvalue weighted by Gasteiger charge is 2.13. The normalized spacial score (nSPS) is 16.5. The Morgan fingerprint density at radius 2 is 2.11 bits per heavy atom. The second kappa shape index (κ2) is 7.24. The molecule has 4 heteroatoms. The van der Waals surface area contributed by atoms with Gasteiger partial charge in [0, 0.05) is 38.1 Å². The lowest BCUT2D eigenvalue weighted by molar-refractivity contribution is 0.0904. The van der Waals surface area contributed by atoms with Crippen LogP contribution in [0.2, 0.25) is 0 Å². The summed E-state index contributed by atoms with van der Waals surface area (Å²) in [6.45, 7) is 2.89. The molecular weight excluding hydrogens is 230 g/mol. The van der Waals surface area contributed by atoms with Gasteiger partial charge in [0.15, 0.2) is 0 Å². The van der Waals surface area contributed by atoms with Crippen LogP contribution in [0.4, 0.5) is 5.69 Å². The van der Waals surface area contributed by atoms with Crippen LogP contribution in [0.3, 0.4) is 0 Å². The van der Waals surface area contributed by atoms with E-state index in [-0.39, 0.29) is 0 Å². The summed E-state index contributed by atoms with van der Waals surface area (Å²) < 4.78 is 15.9. The molecule has 1 heterocycles. The molecule has 4 nitrogen and oxygen atoms in total. The van der Waals surface area contributed by atoms with E-state index in [9.17, 15) is 0 Å². The summed E-state index contributed by atoms with van der Waals surface area (Å²) in [5.41, 5.74) is 1.11. The molecule has 0 aliphatic carbocycles. The van der Waals surface area contributed by atoms with E-state index in [0.29, 0.717) is 19.3 Å². The number of nitrogens with one attached hydrogen (secondary N) is 1. The lowest BCUT2D eigenvalue weighted by Crippen LogP contribution is -2.27. The van der Waals surface area contributed by atoms with E-state index < -0.39 is 0 Å². The van der Waals surface area contributed by atoms with Crippen molar-refractivity contribution in [2.45, 2.75) is 18.9 Å². The first-order valence-corrected chi connectivity index (χ1v) is 6.44. The Hall–Kier alpha value is -1.26. The number of benzene rings is 1. The Balaban J connectivity index is 1.85. The van der Waals surface area contributed by atoms with E-state index in [4.69, 9.17) is 14.2 Å². The van der Waals surface area contributed by atoms with Gasteiger partial charge in [-0.25, -0.2) is 0 Å². The molecule has 1 aromatic rings. The smallest absolute Gasteiger partial charge is 0.121 e. The molecule has 0 bridgehead atoms. The summed E-state index contributed by atoms with van der Waals surface area (Å²) in [5.74, 6) is 0.879. The zero-order chi connectivity index (χ0) is 12.6. The van der Waals surface area contributed by atoms with E-state index in [1.807, 2.05) is 18.2 Å². The second-order valence-corrected chi connectivity index (χ2v) is 4.40. The van der Waals surface area contributed by atoms with Crippen molar-refractivity contribution in [1.29, 1.82) is 0 Å². The molecule has 0 unspecified atom stereocenters. The van der Waals surface area contributed by atoms with Gasteiger partial charge in [0.1, 0.15) is 12.4 Å². The molecule has 0 amide bonds. The molecule has 1 aliphatic rings. The molecule has 1 N–H and O–H groups in total. The van der Waals surface area contributed by atoms with Crippen molar-refractivity contribution >= 4 is 5.69 Å². The molecular formula is C14H21NO3. The maximum Gasteiger partial charge on any atom is 0.121 e. The van der Waals surface area contributed by atoms with Crippen LogP contribution in [-0.4, -0.2) is 39.6 Å². The lowest BCUT2D eigenvalue weighted by Gasteiger charge is -2.24. The summed E-state index contributed by atoms with van der Waals surface area (Å²) in [5, 5.41) is 3.52. The van der Waals surface area contributed by atoms with Gasteiger partial charge in [0.05, 0.1) is 6.61 Å². The third-order valence-corrected chi connectivity index (χ3v) is 2.98. The molecule has 18 heavy (non-hydrogen) atoms. The van der Waals surface area contributed by atoms with Crippen LogP contribution in [0.1, 0.15) is 12.8 Å². The van der Waals surface area contributed by atoms with E-state index in [0.717, 1.165) is 37.5 Å². The highest BCUT2D eigenvalue weighted by Crippen LogP contribution is 2.20. The van der Waals surface area contributed by atoms with Gasteiger partial charge in [-0.05, 0) is 25.0 Å². The second-order valence-electron chi connectivity index (χ2n) is 4.40. The molecule has 0 atom stereocenters. The number of anilines is 1. The molecule has 0 saturated carbocycles. The van der Waals surface area contributed by atoms with Gasteiger partial charge < -0.3 is 19.5 Å². The van der Waals surface area contributed by atoms with Crippen molar-refractivity contribution in [3.8, 4) is 5.75 Å².